The second-order valence-electron chi connectivity index (χ2n) is 8.39. The molecule has 1 heterocycles. The highest BCUT2D eigenvalue weighted by molar-refractivity contribution is 6.00. The minimum absolute atomic E-state index is 0.0145. The lowest BCUT2D eigenvalue weighted by molar-refractivity contribution is -0.146. The maximum atomic E-state index is 12.9. The molecule has 0 aliphatic carbocycles. The van der Waals surface area contributed by atoms with E-state index in [1.54, 1.807) is 26.0 Å². The van der Waals surface area contributed by atoms with Crippen LogP contribution in [0.3, 0.4) is 0 Å². The molecule has 1 amide bonds. The number of ether oxygens (including phenoxy) is 3. The largest absolute Gasteiger partial charge is 0.481 e. The molecular formula is C26H31NO7. The molecule has 1 atom stereocenters. The quantitative estimate of drug-likeness (QED) is 0.431. The number of likely N-dealkylation sites (tertiary alicyclic amines) is 1. The van der Waals surface area contributed by atoms with Crippen LogP contribution in [-0.2, 0) is 26.3 Å². The average Bonchev–Trinajstić information content (AvgIpc) is 2.86. The maximum Gasteiger partial charge on any atom is 0.410 e. The Morgan fingerprint density at radius 1 is 1.12 bits per heavy atom. The zero-order valence-electron chi connectivity index (χ0n) is 19.8. The summed E-state index contributed by atoms with van der Waals surface area (Å²) in [7, 11) is 1.49. The number of hydrogen-bond donors (Lipinski definition) is 1. The summed E-state index contributed by atoms with van der Waals surface area (Å²) in [5, 5.41) is 10.5. The van der Waals surface area contributed by atoms with Crippen LogP contribution in [0.1, 0.15) is 53.2 Å². The number of carboxylic acids is 1. The van der Waals surface area contributed by atoms with Crippen LogP contribution in [0.4, 0.5) is 4.79 Å². The summed E-state index contributed by atoms with van der Waals surface area (Å²) >= 11 is 0. The Bertz CT molecular complexity index is 1040. The van der Waals surface area contributed by atoms with E-state index >= 15 is 0 Å². The molecule has 8 nitrogen and oxygen atoms in total. The van der Waals surface area contributed by atoms with Crippen molar-refractivity contribution in [3.05, 3.63) is 64.7 Å². The maximum absolute atomic E-state index is 12.9. The highest BCUT2D eigenvalue weighted by Crippen LogP contribution is 2.41. The molecule has 0 radical (unpaired) electrons. The molecule has 1 unspecified atom stereocenters. The van der Waals surface area contributed by atoms with Crippen LogP contribution < -0.4 is 4.74 Å². The first kappa shape index (κ1) is 25.2. The Hall–Kier alpha value is -3.39. The third-order valence-electron chi connectivity index (χ3n) is 6.21. The number of carboxylic acid groups (broad SMARTS) is 1. The number of carbonyl (C=O) groups is 3. The molecule has 182 valence electrons. The summed E-state index contributed by atoms with van der Waals surface area (Å²) in [5.74, 6) is -0.820. The van der Waals surface area contributed by atoms with Gasteiger partial charge in [0.1, 0.15) is 17.8 Å². The van der Waals surface area contributed by atoms with E-state index in [0.29, 0.717) is 35.4 Å². The second-order valence-corrected chi connectivity index (χ2v) is 8.39. The number of rotatable bonds is 9. The minimum Gasteiger partial charge on any atom is -0.481 e. The van der Waals surface area contributed by atoms with Gasteiger partial charge in [-0.25, -0.2) is 4.79 Å². The van der Waals surface area contributed by atoms with E-state index in [9.17, 15) is 19.5 Å². The number of aliphatic carboxylic acids is 1. The molecule has 0 spiro atoms. The van der Waals surface area contributed by atoms with Crippen LogP contribution in [0.15, 0.2) is 42.5 Å². The third kappa shape index (κ3) is 5.22. The lowest BCUT2D eigenvalue weighted by atomic mass is 9.70. The van der Waals surface area contributed by atoms with E-state index in [1.165, 1.54) is 12.0 Å². The molecule has 2 aromatic carbocycles. The monoisotopic (exact) mass is 469 g/mol. The van der Waals surface area contributed by atoms with Crippen LogP contribution in [0.5, 0.6) is 5.75 Å². The van der Waals surface area contributed by atoms with Crippen LogP contribution in [0, 0.1) is 6.92 Å². The molecule has 0 bridgehead atoms. The van der Waals surface area contributed by atoms with Crippen molar-refractivity contribution in [2.75, 3.05) is 27.0 Å². The number of piperidine rings is 1. The smallest absolute Gasteiger partial charge is 0.410 e. The van der Waals surface area contributed by atoms with Gasteiger partial charge in [0.25, 0.3) is 0 Å². The number of Topliss-reactive ketones (excluding diaryl/α,β-unsaturated/α-hetero) is 1. The van der Waals surface area contributed by atoms with Crippen molar-refractivity contribution in [1.29, 1.82) is 0 Å². The normalized spacial score (nSPS) is 17.8. The van der Waals surface area contributed by atoms with Crippen molar-refractivity contribution in [3.63, 3.8) is 0 Å². The van der Waals surface area contributed by atoms with Gasteiger partial charge in [0.05, 0.1) is 0 Å². The van der Waals surface area contributed by atoms with E-state index in [4.69, 9.17) is 14.2 Å². The molecule has 1 N–H and O–H groups in total. The van der Waals surface area contributed by atoms with E-state index in [1.807, 2.05) is 30.3 Å². The minimum atomic E-state index is -1.47. The molecule has 1 fully saturated rings. The van der Waals surface area contributed by atoms with Crippen LogP contribution in [0.2, 0.25) is 0 Å². The van der Waals surface area contributed by atoms with E-state index < -0.39 is 17.5 Å². The van der Waals surface area contributed by atoms with E-state index in [0.717, 1.165) is 5.56 Å². The number of methoxy groups -OCH3 is 1. The fourth-order valence-electron chi connectivity index (χ4n) is 4.52. The average molecular weight is 470 g/mol. The van der Waals surface area contributed by atoms with Crippen LogP contribution >= 0.6 is 0 Å². The molecule has 0 saturated carbocycles. The Labute approximate surface area is 199 Å². The molecule has 0 aromatic heterocycles. The van der Waals surface area contributed by atoms with Crippen molar-refractivity contribution in [1.82, 2.24) is 4.90 Å². The Morgan fingerprint density at radius 2 is 1.85 bits per heavy atom. The molecule has 1 saturated heterocycles. The molecule has 1 aliphatic rings. The first-order valence-corrected chi connectivity index (χ1v) is 11.3. The molecule has 1 aliphatic heterocycles. The Kier molecular flexibility index (Phi) is 8.28. The molecule has 34 heavy (non-hydrogen) atoms. The highest BCUT2D eigenvalue weighted by Gasteiger charge is 2.48. The SMILES string of the molecule is CCC(=O)c1ccc(OCOC)c(C)c1C1(C(=O)O)CCCN(C(=O)OCc2ccccc2)C1. The van der Waals surface area contributed by atoms with Crippen molar-refractivity contribution in [3.8, 4) is 5.75 Å². The number of carbonyl (C=O) groups excluding carboxylic acids is 2. The van der Waals surface area contributed by atoms with Crippen LogP contribution in [-0.4, -0.2) is 54.8 Å². The lowest BCUT2D eigenvalue weighted by Gasteiger charge is -2.41. The number of ketones is 1. The van der Waals surface area contributed by atoms with Gasteiger partial charge >= 0.3 is 12.1 Å². The summed E-state index contributed by atoms with van der Waals surface area (Å²) in [6.07, 6.45) is 0.379. The summed E-state index contributed by atoms with van der Waals surface area (Å²) in [6.45, 7) is 3.82. The lowest BCUT2D eigenvalue weighted by Crippen LogP contribution is -2.53. The van der Waals surface area contributed by atoms with Gasteiger partial charge < -0.3 is 24.2 Å². The zero-order valence-corrected chi connectivity index (χ0v) is 19.8. The summed E-state index contributed by atoms with van der Waals surface area (Å²) in [5.41, 5.74) is 0.652. The second kappa shape index (κ2) is 11.2. The summed E-state index contributed by atoms with van der Waals surface area (Å²) in [6, 6.07) is 12.5. The van der Waals surface area contributed by atoms with Gasteiger partial charge in [-0.05, 0) is 48.6 Å². The van der Waals surface area contributed by atoms with Gasteiger partial charge in [-0.2, -0.15) is 0 Å². The van der Waals surface area contributed by atoms with Crippen molar-refractivity contribution < 1.29 is 33.7 Å². The van der Waals surface area contributed by atoms with Gasteiger partial charge in [0, 0.05) is 32.2 Å². The molecule has 3 rings (SSSR count). The third-order valence-corrected chi connectivity index (χ3v) is 6.21. The van der Waals surface area contributed by atoms with Gasteiger partial charge in [-0.1, -0.05) is 37.3 Å². The van der Waals surface area contributed by atoms with Gasteiger partial charge in [0.2, 0.25) is 0 Å². The predicted molar refractivity (Wildman–Crippen MR) is 125 cm³/mol. The van der Waals surface area contributed by atoms with Gasteiger partial charge in [0.15, 0.2) is 12.6 Å². The highest BCUT2D eigenvalue weighted by atomic mass is 16.7. The molecule has 8 heteroatoms. The number of benzene rings is 2. The number of amides is 1. The number of hydrogen-bond acceptors (Lipinski definition) is 6. The molecule has 2 aromatic rings. The Morgan fingerprint density at radius 3 is 2.50 bits per heavy atom. The molecular weight excluding hydrogens is 438 g/mol. The van der Waals surface area contributed by atoms with E-state index in [-0.39, 0.29) is 38.6 Å². The standard InChI is InChI=1S/C26H31NO7/c1-4-21(28)20-11-12-22(34-17-32-3)18(2)23(20)26(24(29)30)13-8-14-27(16-26)25(31)33-15-19-9-6-5-7-10-19/h5-7,9-12H,4,8,13-17H2,1-3H3,(H,29,30). The zero-order chi connectivity index (χ0) is 24.7. The summed E-state index contributed by atoms with van der Waals surface area (Å²) in [4.78, 5) is 39.9. The van der Waals surface area contributed by atoms with E-state index in [2.05, 4.69) is 0 Å². The fourth-order valence-corrected chi connectivity index (χ4v) is 4.52. The topological polar surface area (TPSA) is 102 Å². The fraction of sp³-hybridized carbons (Fsp3) is 0.423. The van der Waals surface area contributed by atoms with Gasteiger partial charge in [-0.15, -0.1) is 0 Å². The Balaban J connectivity index is 1.98. The summed E-state index contributed by atoms with van der Waals surface area (Å²) < 4.78 is 16.1. The van der Waals surface area contributed by atoms with Crippen molar-refractivity contribution in [2.24, 2.45) is 0 Å². The van der Waals surface area contributed by atoms with Crippen molar-refractivity contribution in [2.45, 2.75) is 45.1 Å². The van der Waals surface area contributed by atoms with Crippen LogP contribution in [0.25, 0.3) is 0 Å². The van der Waals surface area contributed by atoms with Crippen molar-refractivity contribution >= 4 is 17.8 Å². The van der Waals surface area contributed by atoms with Gasteiger partial charge in [-0.3, -0.25) is 9.59 Å². The predicted octanol–water partition coefficient (Wildman–Crippen LogP) is 4.33. The first-order valence-electron chi connectivity index (χ1n) is 11.3. The number of nitrogens with zero attached hydrogens (tertiary/aromatic N) is 1. The first-order chi connectivity index (χ1) is 16.3.